The van der Waals surface area contributed by atoms with Crippen LogP contribution in [-0.4, -0.2) is 55.1 Å². The van der Waals surface area contributed by atoms with Gasteiger partial charge in [-0.1, -0.05) is 25.1 Å². The predicted molar refractivity (Wildman–Crippen MR) is 101 cm³/mol. The highest BCUT2D eigenvalue weighted by molar-refractivity contribution is 8.00. The van der Waals surface area contributed by atoms with Crippen LogP contribution >= 0.6 is 11.8 Å². The highest BCUT2D eigenvalue weighted by atomic mass is 32.2. The summed E-state index contributed by atoms with van der Waals surface area (Å²) in [5.41, 5.74) is 2.80. The molecule has 0 radical (unpaired) electrons. The van der Waals surface area contributed by atoms with E-state index >= 15 is 0 Å². The summed E-state index contributed by atoms with van der Waals surface area (Å²) in [5.74, 6) is 0.680. The molecule has 0 saturated carbocycles. The molecule has 0 atom stereocenters. The third kappa shape index (κ3) is 4.51. The molecule has 0 saturated heterocycles. The number of benzene rings is 1. The Morgan fingerprint density at radius 3 is 2.75 bits per heavy atom. The molecule has 0 unspecified atom stereocenters. The van der Waals surface area contributed by atoms with Gasteiger partial charge in [0.2, 0.25) is 5.91 Å². The lowest BCUT2D eigenvalue weighted by Crippen LogP contribution is -2.35. The molecule has 0 aliphatic carbocycles. The van der Waals surface area contributed by atoms with E-state index in [2.05, 4.69) is 30.0 Å². The molecule has 0 spiro atoms. The molecule has 1 aromatic rings. The maximum Gasteiger partial charge on any atom is 0.237 e. The SMILES string of the molecule is CCN(CC)CCO/N=C(\C)c1ccc2c(c1)N(CC)C(=O)CS2. The second-order valence-corrected chi connectivity index (χ2v) is 6.66. The van der Waals surface area contributed by atoms with Gasteiger partial charge in [0, 0.05) is 23.5 Å². The van der Waals surface area contributed by atoms with Crippen LogP contribution < -0.4 is 4.90 Å². The number of amides is 1. The summed E-state index contributed by atoms with van der Waals surface area (Å²) in [7, 11) is 0. The van der Waals surface area contributed by atoms with Crippen LogP contribution in [0.1, 0.15) is 33.3 Å². The maximum absolute atomic E-state index is 12.0. The van der Waals surface area contributed by atoms with Crippen LogP contribution in [0.5, 0.6) is 0 Å². The average molecular weight is 350 g/mol. The van der Waals surface area contributed by atoms with Crippen LogP contribution in [0, 0.1) is 0 Å². The van der Waals surface area contributed by atoms with Crippen molar-refractivity contribution in [1.82, 2.24) is 4.90 Å². The van der Waals surface area contributed by atoms with E-state index in [9.17, 15) is 4.79 Å². The van der Waals surface area contributed by atoms with E-state index in [-0.39, 0.29) is 5.91 Å². The Hall–Kier alpha value is -1.53. The van der Waals surface area contributed by atoms with E-state index in [1.165, 1.54) is 0 Å². The first kappa shape index (κ1) is 18.8. The molecule has 5 nitrogen and oxygen atoms in total. The third-order valence-electron chi connectivity index (χ3n) is 4.23. The smallest absolute Gasteiger partial charge is 0.237 e. The number of hydrogen-bond acceptors (Lipinski definition) is 5. The molecule has 1 aliphatic rings. The molecular weight excluding hydrogens is 322 g/mol. The highest BCUT2D eigenvalue weighted by Gasteiger charge is 2.23. The molecule has 2 rings (SSSR count). The molecule has 1 aliphatic heterocycles. The number of carbonyl (C=O) groups excluding carboxylic acids is 1. The molecule has 132 valence electrons. The first-order valence-electron chi connectivity index (χ1n) is 8.57. The first-order valence-corrected chi connectivity index (χ1v) is 9.55. The Morgan fingerprint density at radius 2 is 2.08 bits per heavy atom. The number of carbonyl (C=O) groups is 1. The minimum absolute atomic E-state index is 0.164. The minimum Gasteiger partial charge on any atom is -0.394 e. The van der Waals surface area contributed by atoms with E-state index in [0.29, 0.717) is 18.9 Å². The molecule has 0 bridgehead atoms. The van der Waals surface area contributed by atoms with Gasteiger partial charge >= 0.3 is 0 Å². The van der Waals surface area contributed by atoms with Crippen LogP contribution in [0.25, 0.3) is 0 Å². The topological polar surface area (TPSA) is 45.1 Å². The van der Waals surface area contributed by atoms with Crippen LogP contribution in [0.2, 0.25) is 0 Å². The summed E-state index contributed by atoms with van der Waals surface area (Å²) in [6.07, 6.45) is 0. The molecular formula is C18H27N3O2S. The molecule has 1 aromatic carbocycles. The number of anilines is 1. The van der Waals surface area contributed by atoms with Crippen molar-refractivity contribution in [2.45, 2.75) is 32.6 Å². The van der Waals surface area contributed by atoms with Crippen LogP contribution in [-0.2, 0) is 9.63 Å². The van der Waals surface area contributed by atoms with Gasteiger partial charge in [0.15, 0.2) is 0 Å². The van der Waals surface area contributed by atoms with Gasteiger partial charge in [-0.15, -0.1) is 11.8 Å². The zero-order chi connectivity index (χ0) is 17.5. The summed E-state index contributed by atoms with van der Waals surface area (Å²) >= 11 is 1.60. The lowest BCUT2D eigenvalue weighted by atomic mass is 10.1. The van der Waals surface area contributed by atoms with E-state index < -0.39 is 0 Å². The Bertz CT molecular complexity index is 600. The van der Waals surface area contributed by atoms with Gasteiger partial charge in [-0.3, -0.25) is 4.79 Å². The van der Waals surface area contributed by atoms with Gasteiger partial charge in [-0.2, -0.15) is 0 Å². The molecule has 24 heavy (non-hydrogen) atoms. The summed E-state index contributed by atoms with van der Waals surface area (Å²) in [5, 5.41) is 4.23. The Balaban J connectivity index is 2.05. The Labute approximate surface area is 149 Å². The van der Waals surface area contributed by atoms with Gasteiger partial charge < -0.3 is 14.6 Å². The largest absolute Gasteiger partial charge is 0.394 e. The van der Waals surface area contributed by atoms with Gasteiger partial charge in [-0.05, 0) is 39.1 Å². The zero-order valence-electron chi connectivity index (χ0n) is 15.0. The van der Waals surface area contributed by atoms with E-state index in [1.54, 1.807) is 11.8 Å². The second kappa shape index (κ2) is 9.08. The third-order valence-corrected chi connectivity index (χ3v) is 5.28. The van der Waals surface area contributed by atoms with Crippen molar-refractivity contribution in [3.8, 4) is 0 Å². The molecule has 6 heteroatoms. The fraction of sp³-hybridized carbons (Fsp3) is 0.556. The number of likely N-dealkylation sites (N-methyl/N-ethyl adjacent to an activating group) is 1. The first-order chi connectivity index (χ1) is 11.6. The monoisotopic (exact) mass is 349 g/mol. The van der Waals surface area contributed by atoms with E-state index in [4.69, 9.17) is 4.84 Å². The van der Waals surface area contributed by atoms with Crippen molar-refractivity contribution in [3.05, 3.63) is 23.8 Å². The summed E-state index contributed by atoms with van der Waals surface area (Å²) in [6.45, 7) is 12.4. The van der Waals surface area contributed by atoms with Crippen molar-refractivity contribution < 1.29 is 9.63 Å². The fourth-order valence-corrected chi connectivity index (χ4v) is 3.59. The highest BCUT2D eigenvalue weighted by Crippen LogP contribution is 2.35. The lowest BCUT2D eigenvalue weighted by molar-refractivity contribution is -0.116. The van der Waals surface area contributed by atoms with Gasteiger partial charge in [0.1, 0.15) is 6.61 Å². The predicted octanol–water partition coefficient (Wildman–Crippen LogP) is 3.23. The van der Waals surface area contributed by atoms with Crippen molar-refractivity contribution in [1.29, 1.82) is 0 Å². The van der Waals surface area contributed by atoms with Crippen molar-refractivity contribution in [2.24, 2.45) is 5.16 Å². The van der Waals surface area contributed by atoms with E-state index in [0.717, 1.165) is 41.5 Å². The lowest BCUT2D eigenvalue weighted by Gasteiger charge is -2.28. The second-order valence-electron chi connectivity index (χ2n) is 5.65. The number of oxime groups is 1. The average Bonchev–Trinajstić information content (AvgIpc) is 2.61. The fourth-order valence-electron chi connectivity index (χ4n) is 2.68. The number of thioether (sulfide) groups is 1. The Kier molecular flexibility index (Phi) is 7.12. The van der Waals surface area contributed by atoms with Crippen molar-refractivity contribution >= 4 is 29.1 Å². The van der Waals surface area contributed by atoms with Crippen LogP contribution in [0.15, 0.2) is 28.3 Å². The molecule has 0 fully saturated rings. The van der Waals surface area contributed by atoms with E-state index in [1.807, 2.05) is 30.9 Å². The summed E-state index contributed by atoms with van der Waals surface area (Å²) in [4.78, 5) is 22.8. The number of fused-ring (bicyclic) bond motifs is 1. The number of nitrogens with zero attached hydrogens (tertiary/aromatic N) is 3. The van der Waals surface area contributed by atoms with Gasteiger partial charge in [-0.25, -0.2) is 0 Å². The summed E-state index contributed by atoms with van der Waals surface area (Å²) < 4.78 is 0. The van der Waals surface area contributed by atoms with Crippen molar-refractivity contribution in [2.75, 3.05) is 43.4 Å². The normalized spacial score (nSPS) is 15.0. The van der Waals surface area contributed by atoms with Crippen molar-refractivity contribution in [3.63, 3.8) is 0 Å². The van der Waals surface area contributed by atoms with Crippen LogP contribution in [0.3, 0.4) is 0 Å². The quantitative estimate of drug-likeness (QED) is 0.411. The zero-order valence-corrected chi connectivity index (χ0v) is 15.9. The van der Waals surface area contributed by atoms with Gasteiger partial charge in [0.25, 0.3) is 0 Å². The molecule has 0 N–H and O–H groups in total. The van der Waals surface area contributed by atoms with Gasteiger partial charge in [0.05, 0.1) is 17.2 Å². The standard InChI is InChI=1S/C18H27N3O2S/c1-5-20(6-2)10-11-23-19-14(4)15-8-9-17-16(12-15)21(7-3)18(22)13-24-17/h8-9,12H,5-7,10-11,13H2,1-4H3/b19-14+. The van der Waals surface area contributed by atoms with Crippen LogP contribution in [0.4, 0.5) is 5.69 Å². The molecule has 1 amide bonds. The maximum atomic E-state index is 12.0. The molecule has 0 aromatic heterocycles. The summed E-state index contributed by atoms with van der Waals surface area (Å²) in [6, 6.07) is 6.15. The molecule has 1 heterocycles. The number of hydrogen-bond donors (Lipinski definition) is 0. The Morgan fingerprint density at radius 1 is 1.33 bits per heavy atom. The minimum atomic E-state index is 0.164. The number of rotatable bonds is 8.